The maximum absolute atomic E-state index is 12.1. The van der Waals surface area contributed by atoms with Gasteiger partial charge in [0.25, 0.3) is 0 Å². The summed E-state index contributed by atoms with van der Waals surface area (Å²) >= 11 is 0. The van der Waals surface area contributed by atoms with E-state index in [1.165, 1.54) is 28.9 Å². The molecule has 2 aromatic rings. The number of aryl methyl sites for hydroxylation is 2. The van der Waals surface area contributed by atoms with Crippen LogP contribution in [0.3, 0.4) is 0 Å². The van der Waals surface area contributed by atoms with Crippen LogP contribution in [0.15, 0.2) is 30.3 Å². The number of rotatable bonds is 1. The van der Waals surface area contributed by atoms with E-state index in [0.29, 0.717) is 11.8 Å². The number of hydrogen-bond acceptors (Lipinski definition) is 1. The van der Waals surface area contributed by atoms with Crippen LogP contribution >= 0.6 is 0 Å². The van der Waals surface area contributed by atoms with Gasteiger partial charge in [0.15, 0.2) is 5.78 Å². The molecule has 21 heavy (non-hydrogen) atoms. The minimum Gasteiger partial charge on any atom is -0.345 e. The molecule has 0 amide bonds. The number of benzene rings is 1. The molecule has 2 nitrogen and oxygen atoms in total. The summed E-state index contributed by atoms with van der Waals surface area (Å²) in [7, 11) is 0. The Morgan fingerprint density at radius 2 is 1.90 bits per heavy atom. The Balaban J connectivity index is 1.74. The van der Waals surface area contributed by atoms with E-state index in [9.17, 15) is 4.79 Å². The van der Waals surface area contributed by atoms with Crippen molar-refractivity contribution in [1.82, 2.24) is 4.57 Å². The fraction of sp³-hybridized carbons (Fsp3) is 0.421. The standard InChI is InChI=1S/C19H21NO/c1-13-11-17-18(7-4-8-19(17)21)20(13)16-10-9-14-5-2-3-6-15(14)12-16/h2-3,5-6,11,16H,4,7-10,12H2,1H3. The van der Waals surface area contributed by atoms with E-state index in [-0.39, 0.29) is 0 Å². The number of aromatic nitrogens is 1. The lowest BCUT2D eigenvalue weighted by molar-refractivity contribution is 0.0971. The first-order valence-electron chi connectivity index (χ1n) is 8.04. The first kappa shape index (κ1) is 12.9. The molecule has 0 spiro atoms. The van der Waals surface area contributed by atoms with Crippen molar-refractivity contribution in [3.63, 3.8) is 0 Å². The fourth-order valence-electron chi connectivity index (χ4n) is 4.16. The molecule has 0 N–H and O–H groups in total. The van der Waals surface area contributed by atoms with Gasteiger partial charge in [-0.1, -0.05) is 24.3 Å². The van der Waals surface area contributed by atoms with Gasteiger partial charge >= 0.3 is 0 Å². The Kier molecular flexibility index (Phi) is 2.99. The second-order valence-electron chi connectivity index (χ2n) is 6.46. The van der Waals surface area contributed by atoms with Crippen LogP contribution < -0.4 is 0 Å². The molecule has 0 saturated carbocycles. The van der Waals surface area contributed by atoms with Crippen molar-refractivity contribution < 1.29 is 4.79 Å². The lowest BCUT2D eigenvalue weighted by atomic mass is 9.87. The zero-order valence-corrected chi connectivity index (χ0v) is 12.6. The van der Waals surface area contributed by atoms with Gasteiger partial charge < -0.3 is 4.57 Å². The van der Waals surface area contributed by atoms with Crippen LogP contribution in [-0.2, 0) is 19.3 Å². The molecule has 2 aliphatic carbocycles. The Morgan fingerprint density at radius 1 is 1.10 bits per heavy atom. The van der Waals surface area contributed by atoms with E-state index in [2.05, 4.69) is 41.8 Å². The van der Waals surface area contributed by atoms with Crippen LogP contribution in [0.25, 0.3) is 0 Å². The molecule has 1 atom stereocenters. The molecule has 1 aromatic carbocycles. The van der Waals surface area contributed by atoms with Gasteiger partial charge in [-0.05, 0) is 56.2 Å². The normalized spacial score (nSPS) is 21.0. The summed E-state index contributed by atoms with van der Waals surface area (Å²) in [4.78, 5) is 12.1. The number of carbonyl (C=O) groups is 1. The second-order valence-corrected chi connectivity index (χ2v) is 6.46. The van der Waals surface area contributed by atoms with Gasteiger partial charge in [0.2, 0.25) is 0 Å². The van der Waals surface area contributed by atoms with Gasteiger partial charge in [0.1, 0.15) is 0 Å². The third-order valence-electron chi connectivity index (χ3n) is 5.14. The van der Waals surface area contributed by atoms with Crippen molar-refractivity contribution in [2.24, 2.45) is 0 Å². The summed E-state index contributed by atoms with van der Waals surface area (Å²) in [5.41, 5.74) is 6.55. The van der Waals surface area contributed by atoms with E-state index < -0.39 is 0 Å². The molecule has 0 bridgehead atoms. The molecule has 2 aliphatic rings. The monoisotopic (exact) mass is 279 g/mol. The maximum atomic E-state index is 12.1. The molecular weight excluding hydrogens is 258 g/mol. The average Bonchev–Trinajstić information content (AvgIpc) is 2.84. The minimum atomic E-state index is 0.342. The smallest absolute Gasteiger partial charge is 0.164 e. The molecule has 1 aromatic heterocycles. The predicted octanol–water partition coefficient (Wildman–Crippen LogP) is 4.05. The minimum absolute atomic E-state index is 0.342. The van der Waals surface area contributed by atoms with Gasteiger partial charge in [-0.15, -0.1) is 0 Å². The highest BCUT2D eigenvalue weighted by Crippen LogP contribution is 2.34. The van der Waals surface area contributed by atoms with Gasteiger partial charge in [-0.25, -0.2) is 0 Å². The average molecular weight is 279 g/mol. The summed E-state index contributed by atoms with van der Waals surface area (Å²) in [5.74, 6) is 0.342. The number of carbonyl (C=O) groups excluding carboxylic acids is 1. The van der Waals surface area contributed by atoms with Crippen molar-refractivity contribution in [3.05, 3.63) is 58.4 Å². The number of ketones is 1. The third-order valence-corrected chi connectivity index (χ3v) is 5.14. The SMILES string of the molecule is Cc1cc2c(n1C1CCc3ccccc3C1)CCCC2=O. The van der Waals surface area contributed by atoms with E-state index in [4.69, 9.17) is 0 Å². The summed E-state index contributed by atoms with van der Waals surface area (Å²) in [6.45, 7) is 2.16. The molecule has 0 saturated heterocycles. The summed E-state index contributed by atoms with van der Waals surface area (Å²) in [6.07, 6.45) is 6.25. The zero-order valence-electron chi connectivity index (χ0n) is 12.6. The Labute approximate surface area is 125 Å². The van der Waals surface area contributed by atoms with E-state index in [1.807, 2.05) is 0 Å². The highest BCUT2D eigenvalue weighted by Gasteiger charge is 2.28. The molecule has 0 radical (unpaired) electrons. The Bertz CT molecular complexity index is 710. The maximum Gasteiger partial charge on any atom is 0.164 e. The Hall–Kier alpha value is -1.83. The molecular formula is C19H21NO. The molecule has 1 unspecified atom stereocenters. The van der Waals surface area contributed by atoms with Crippen LogP contribution in [0.1, 0.15) is 58.2 Å². The van der Waals surface area contributed by atoms with Gasteiger partial charge in [0, 0.05) is 29.4 Å². The van der Waals surface area contributed by atoms with E-state index >= 15 is 0 Å². The Morgan fingerprint density at radius 3 is 2.76 bits per heavy atom. The first-order chi connectivity index (χ1) is 10.2. The molecule has 108 valence electrons. The van der Waals surface area contributed by atoms with Crippen molar-refractivity contribution in [2.45, 2.75) is 51.5 Å². The number of fused-ring (bicyclic) bond motifs is 2. The lowest BCUT2D eigenvalue weighted by Gasteiger charge is -2.29. The van der Waals surface area contributed by atoms with Crippen LogP contribution in [0.2, 0.25) is 0 Å². The molecule has 1 heterocycles. The van der Waals surface area contributed by atoms with Crippen molar-refractivity contribution in [3.8, 4) is 0 Å². The van der Waals surface area contributed by atoms with Crippen LogP contribution in [0.5, 0.6) is 0 Å². The summed E-state index contributed by atoms with van der Waals surface area (Å²) in [6, 6.07) is 11.4. The predicted molar refractivity (Wildman–Crippen MR) is 83.9 cm³/mol. The number of hydrogen-bond donors (Lipinski definition) is 0. The second kappa shape index (κ2) is 4.87. The van der Waals surface area contributed by atoms with Gasteiger partial charge in [-0.3, -0.25) is 4.79 Å². The highest BCUT2D eigenvalue weighted by atomic mass is 16.1. The van der Waals surface area contributed by atoms with Crippen LogP contribution in [0, 0.1) is 6.92 Å². The summed E-state index contributed by atoms with van der Waals surface area (Å²) < 4.78 is 2.47. The summed E-state index contributed by atoms with van der Waals surface area (Å²) in [5, 5.41) is 0. The van der Waals surface area contributed by atoms with Gasteiger partial charge in [-0.2, -0.15) is 0 Å². The van der Waals surface area contributed by atoms with E-state index in [1.54, 1.807) is 0 Å². The highest BCUT2D eigenvalue weighted by molar-refractivity contribution is 5.98. The molecule has 0 fully saturated rings. The quantitative estimate of drug-likeness (QED) is 0.772. The molecule has 2 heteroatoms. The van der Waals surface area contributed by atoms with Crippen molar-refractivity contribution >= 4 is 5.78 Å². The first-order valence-corrected chi connectivity index (χ1v) is 8.04. The number of nitrogens with zero attached hydrogens (tertiary/aromatic N) is 1. The van der Waals surface area contributed by atoms with Crippen molar-refractivity contribution in [2.75, 3.05) is 0 Å². The van der Waals surface area contributed by atoms with E-state index in [0.717, 1.165) is 37.7 Å². The fourth-order valence-corrected chi connectivity index (χ4v) is 4.16. The van der Waals surface area contributed by atoms with Crippen molar-refractivity contribution in [1.29, 1.82) is 0 Å². The topological polar surface area (TPSA) is 22.0 Å². The molecule has 0 aliphatic heterocycles. The molecule has 4 rings (SSSR count). The van der Waals surface area contributed by atoms with Crippen LogP contribution in [-0.4, -0.2) is 10.4 Å². The largest absolute Gasteiger partial charge is 0.345 e. The lowest BCUT2D eigenvalue weighted by Crippen LogP contribution is -2.23. The van der Waals surface area contributed by atoms with Gasteiger partial charge in [0.05, 0.1) is 0 Å². The third kappa shape index (κ3) is 2.05. The zero-order chi connectivity index (χ0) is 14.4. The number of Topliss-reactive ketones (excluding diaryl/α,β-unsaturated/α-hetero) is 1. The van der Waals surface area contributed by atoms with Crippen LogP contribution in [0.4, 0.5) is 0 Å².